The van der Waals surface area contributed by atoms with Crippen molar-refractivity contribution in [1.29, 1.82) is 0 Å². The Bertz CT molecular complexity index is 1120. The second kappa shape index (κ2) is 10.8. The average Bonchev–Trinajstić information content (AvgIpc) is 2.71. The Morgan fingerprint density at radius 3 is 2.27 bits per heavy atom. The zero-order chi connectivity index (χ0) is 24.9. The minimum atomic E-state index is -3.82. The van der Waals surface area contributed by atoms with Crippen molar-refractivity contribution in [3.63, 3.8) is 0 Å². The van der Waals surface area contributed by atoms with Crippen LogP contribution >= 0.6 is 0 Å². The highest BCUT2D eigenvalue weighted by Gasteiger charge is 2.31. The molecule has 1 atom stereocenters. The first-order chi connectivity index (χ1) is 15.3. The predicted octanol–water partition coefficient (Wildman–Crippen LogP) is 3.15. The summed E-state index contributed by atoms with van der Waals surface area (Å²) in [6, 6.07) is 10.2. The third kappa shape index (κ3) is 7.02. The van der Waals surface area contributed by atoms with Gasteiger partial charge in [-0.3, -0.25) is 13.9 Å². The number of anilines is 1. The lowest BCUT2D eigenvalue weighted by Crippen LogP contribution is -2.52. The van der Waals surface area contributed by atoms with E-state index >= 15 is 0 Å². The Hall–Kier alpha value is -2.94. The number of sulfonamides is 1. The van der Waals surface area contributed by atoms with Gasteiger partial charge in [0.15, 0.2) is 0 Å². The number of nitrogens with one attached hydrogen (secondary N) is 1. The molecule has 0 radical (unpaired) electrons. The average molecular weight is 478 g/mol. The van der Waals surface area contributed by atoms with Crippen LogP contribution in [0.15, 0.2) is 42.5 Å². The molecular weight excluding hydrogens is 445 g/mol. The Morgan fingerprint density at radius 2 is 1.70 bits per heavy atom. The monoisotopic (exact) mass is 477 g/mol. The Balaban J connectivity index is 2.45. The van der Waals surface area contributed by atoms with E-state index < -0.39 is 40.2 Å². The van der Waals surface area contributed by atoms with Crippen LogP contribution in [0, 0.1) is 19.7 Å². The number of nitrogens with zero attached hydrogens (tertiary/aromatic N) is 2. The summed E-state index contributed by atoms with van der Waals surface area (Å²) in [6.07, 6.45) is 1.03. The number of benzene rings is 2. The normalized spacial score (nSPS) is 12.4. The molecule has 2 aromatic carbocycles. The number of halogens is 1. The topological polar surface area (TPSA) is 86.8 Å². The van der Waals surface area contributed by atoms with E-state index in [0.717, 1.165) is 16.1 Å². The molecule has 0 unspecified atom stereocenters. The summed E-state index contributed by atoms with van der Waals surface area (Å²) in [5, 5.41) is 2.75. The van der Waals surface area contributed by atoms with Gasteiger partial charge in [-0.25, -0.2) is 12.8 Å². The van der Waals surface area contributed by atoms with Crippen LogP contribution in [0.4, 0.5) is 10.1 Å². The van der Waals surface area contributed by atoms with Crippen LogP contribution in [0.25, 0.3) is 0 Å². The second-order valence-electron chi connectivity index (χ2n) is 8.51. The minimum Gasteiger partial charge on any atom is -0.352 e. The van der Waals surface area contributed by atoms with Gasteiger partial charge in [-0.1, -0.05) is 30.3 Å². The summed E-state index contributed by atoms with van der Waals surface area (Å²) < 4.78 is 40.6. The quantitative estimate of drug-likeness (QED) is 0.601. The summed E-state index contributed by atoms with van der Waals surface area (Å²) in [5.74, 6) is -1.54. The molecule has 0 aliphatic carbocycles. The van der Waals surface area contributed by atoms with Gasteiger partial charge in [0.1, 0.15) is 18.4 Å². The van der Waals surface area contributed by atoms with Crippen molar-refractivity contribution in [1.82, 2.24) is 10.2 Å². The Labute approximate surface area is 195 Å². The zero-order valence-electron chi connectivity index (χ0n) is 19.9. The van der Waals surface area contributed by atoms with E-state index in [1.165, 1.54) is 23.1 Å². The van der Waals surface area contributed by atoms with Gasteiger partial charge in [0.2, 0.25) is 21.8 Å². The molecular formula is C24H32FN3O4S. The molecule has 0 aliphatic rings. The zero-order valence-corrected chi connectivity index (χ0v) is 20.7. The SMILES string of the molecule is Cc1ccc(C)c(N(CC(=O)N(Cc2ccccc2F)[C@@H](C)C(=O)NC(C)C)S(C)(=O)=O)c1. The van der Waals surface area contributed by atoms with E-state index in [4.69, 9.17) is 0 Å². The molecule has 33 heavy (non-hydrogen) atoms. The smallest absolute Gasteiger partial charge is 0.244 e. The van der Waals surface area contributed by atoms with Crippen molar-refractivity contribution in [3.8, 4) is 0 Å². The first kappa shape index (κ1) is 26.3. The molecule has 0 saturated carbocycles. The van der Waals surface area contributed by atoms with Crippen molar-refractivity contribution in [2.75, 3.05) is 17.1 Å². The van der Waals surface area contributed by atoms with Crippen LogP contribution in [0.2, 0.25) is 0 Å². The standard InChI is InChI=1S/C24H32FN3O4S/c1-16(2)26-24(30)19(5)27(14-20-9-7-8-10-21(20)25)23(29)15-28(33(6,31)32)22-13-17(3)11-12-18(22)4/h7-13,16,19H,14-15H2,1-6H3,(H,26,30)/t19-/m0/s1. The lowest BCUT2D eigenvalue weighted by atomic mass is 10.1. The molecule has 180 valence electrons. The van der Waals surface area contributed by atoms with E-state index in [-0.39, 0.29) is 18.2 Å². The maximum atomic E-state index is 14.4. The number of hydrogen-bond donors (Lipinski definition) is 1. The van der Waals surface area contributed by atoms with Gasteiger partial charge in [0, 0.05) is 18.2 Å². The molecule has 0 heterocycles. The van der Waals surface area contributed by atoms with E-state index in [1.54, 1.807) is 45.9 Å². The third-order valence-electron chi connectivity index (χ3n) is 5.21. The van der Waals surface area contributed by atoms with Gasteiger partial charge in [0.25, 0.3) is 0 Å². The summed E-state index contributed by atoms with van der Waals surface area (Å²) in [5.41, 5.74) is 2.14. The lowest BCUT2D eigenvalue weighted by Gasteiger charge is -2.32. The Kier molecular flexibility index (Phi) is 8.60. The van der Waals surface area contributed by atoms with Gasteiger partial charge in [-0.2, -0.15) is 0 Å². The highest BCUT2D eigenvalue weighted by Crippen LogP contribution is 2.24. The second-order valence-corrected chi connectivity index (χ2v) is 10.4. The maximum Gasteiger partial charge on any atom is 0.244 e. The van der Waals surface area contributed by atoms with Gasteiger partial charge in [-0.05, 0) is 57.9 Å². The van der Waals surface area contributed by atoms with Crippen molar-refractivity contribution in [2.24, 2.45) is 0 Å². The molecule has 0 aliphatic heterocycles. The van der Waals surface area contributed by atoms with Crippen molar-refractivity contribution < 1.29 is 22.4 Å². The van der Waals surface area contributed by atoms with Crippen molar-refractivity contribution in [3.05, 3.63) is 65.0 Å². The fraction of sp³-hybridized carbons (Fsp3) is 0.417. The van der Waals surface area contributed by atoms with E-state index in [1.807, 2.05) is 13.0 Å². The number of rotatable bonds is 9. The van der Waals surface area contributed by atoms with Crippen LogP contribution in [0.1, 0.15) is 37.5 Å². The predicted molar refractivity (Wildman–Crippen MR) is 128 cm³/mol. The van der Waals surface area contributed by atoms with Crippen molar-refractivity contribution in [2.45, 2.75) is 53.2 Å². The molecule has 2 rings (SSSR count). The Morgan fingerprint density at radius 1 is 1.06 bits per heavy atom. The molecule has 2 aromatic rings. The van der Waals surface area contributed by atoms with E-state index in [9.17, 15) is 22.4 Å². The largest absolute Gasteiger partial charge is 0.352 e. The van der Waals surface area contributed by atoms with E-state index in [0.29, 0.717) is 11.3 Å². The molecule has 0 fully saturated rings. The molecule has 9 heteroatoms. The van der Waals surface area contributed by atoms with Crippen LogP contribution in [-0.2, 0) is 26.2 Å². The van der Waals surface area contributed by atoms with Gasteiger partial charge < -0.3 is 10.2 Å². The molecule has 0 aromatic heterocycles. The first-order valence-corrected chi connectivity index (χ1v) is 12.5. The van der Waals surface area contributed by atoms with Crippen molar-refractivity contribution >= 4 is 27.5 Å². The highest BCUT2D eigenvalue weighted by atomic mass is 32.2. The van der Waals surface area contributed by atoms with E-state index in [2.05, 4.69) is 5.32 Å². The molecule has 7 nitrogen and oxygen atoms in total. The molecule has 1 N–H and O–H groups in total. The number of carbonyl (C=O) groups is 2. The third-order valence-corrected chi connectivity index (χ3v) is 6.34. The molecule has 0 saturated heterocycles. The summed E-state index contributed by atoms with van der Waals surface area (Å²) in [6.45, 7) is 8.01. The highest BCUT2D eigenvalue weighted by molar-refractivity contribution is 7.92. The number of aryl methyl sites for hydroxylation is 2. The van der Waals surface area contributed by atoms with Gasteiger partial charge in [-0.15, -0.1) is 0 Å². The fourth-order valence-corrected chi connectivity index (χ4v) is 4.28. The minimum absolute atomic E-state index is 0.159. The van der Waals surface area contributed by atoms with Crippen LogP contribution in [-0.4, -0.2) is 50.0 Å². The lowest BCUT2D eigenvalue weighted by molar-refractivity contribution is -0.139. The summed E-state index contributed by atoms with van der Waals surface area (Å²) >= 11 is 0. The van der Waals surface area contributed by atoms with Gasteiger partial charge >= 0.3 is 0 Å². The fourth-order valence-electron chi connectivity index (χ4n) is 3.38. The number of hydrogen-bond acceptors (Lipinski definition) is 4. The van der Waals surface area contributed by atoms with Crippen LogP contribution in [0.5, 0.6) is 0 Å². The molecule has 0 spiro atoms. The molecule has 0 bridgehead atoms. The van der Waals surface area contributed by atoms with Crippen LogP contribution in [0.3, 0.4) is 0 Å². The molecule has 2 amide bonds. The van der Waals surface area contributed by atoms with Crippen LogP contribution < -0.4 is 9.62 Å². The summed E-state index contributed by atoms with van der Waals surface area (Å²) in [4.78, 5) is 27.3. The maximum absolute atomic E-state index is 14.4. The number of carbonyl (C=O) groups excluding carboxylic acids is 2. The summed E-state index contributed by atoms with van der Waals surface area (Å²) in [7, 11) is -3.82. The van der Waals surface area contributed by atoms with Gasteiger partial charge in [0.05, 0.1) is 11.9 Å². The number of amides is 2. The first-order valence-electron chi connectivity index (χ1n) is 10.7.